The molecule has 0 saturated carbocycles. The van der Waals surface area contributed by atoms with Gasteiger partial charge in [-0.25, -0.2) is 4.98 Å². The molecule has 1 aromatic heterocycles. The van der Waals surface area contributed by atoms with Gasteiger partial charge in [0.05, 0.1) is 5.54 Å². The summed E-state index contributed by atoms with van der Waals surface area (Å²) < 4.78 is 1.87. The molecule has 116 valence electrons. The van der Waals surface area contributed by atoms with Crippen LogP contribution in [-0.4, -0.2) is 50.7 Å². The van der Waals surface area contributed by atoms with E-state index in [4.69, 9.17) is 0 Å². The van der Waals surface area contributed by atoms with E-state index in [2.05, 4.69) is 27.2 Å². The van der Waals surface area contributed by atoms with Crippen molar-refractivity contribution < 1.29 is 4.79 Å². The minimum atomic E-state index is -0.354. The van der Waals surface area contributed by atoms with E-state index in [0.29, 0.717) is 5.92 Å². The van der Waals surface area contributed by atoms with E-state index < -0.39 is 0 Å². The first kappa shape index (κ1) is 14.5. The van der Waals surface area contributed by atoms with Gasteiger partial charge >= 0.3 is 0 Å². The van der Waals surface area contributed by atoms with E-state index in [9.17, 15) is 4.79 Å². The Hall–Kier alpha value is -1.43. The van der Waals surface area contributed by atoms with Gasteiger partial charge in [-0.05, 0) is 51.5 Å². The van der Waals surface area contributed by atoms with Crippen LogP contribution in [0.15, 0.2) is 12.7 Å². The van der Waals surface area contributed by atoms with Crippen molar-refractivity contribution in [3.05, 3.63) is 12.7 Å². The summed E-state index contributed by atoms with van der Waals surface area (Å²) in [5, 5.41) is 7.61. The zero-order valence-corrected chi connectivity index (χ0v) is 12.8. The number of aromatic nitrogens is 3. The fourth-order valence-corrected chi connectivity index (χ4v) is 3.58. The molecule has 3 heterocycles. The molecule has 3 rings (SSSR count). The summed E-state index contributed by atoms with van der Waals surface area (Å²) in [4.78, 5) is 18.9. The Morgan fingerprint density at radius 1 is 1.43 bits per heavy atom. The summed E-state index contributed by atoms with van der Waals surface area (Å²) in [6.07, 6.45) is 8.85. The molecule has 0 aromatic carbocycles. The molecule has 6 heteroatoms. The second kappa shape index (κ2) is 6.13. The third-order valence-corrected chi connectivity index (χ3v) is 4.81. The molecule has 2 saturated heterocycles. The van der Waals surface area contributed by atoms with Crippen LogP contribution in [0.5, 0.6) is 0 Å². The molecule has 21 heavy (non-hydrogen) atoms. The summed E-state index contributed by atoms with van der Waals surface area (Å²) in [7, 11) is 0. The third kappa shape index (κ3) is 3.26. The van der Waals surface area contributed by atoms with Gasteiger partial charge in [0.2, 0.25) is 5.91 Å². The fourth-order valence-electron chi connectivity index (χ4n) is 3.58. The first-order chi connectivity index (χ1) is 10.2. The number of piperidine rings is 2. The quantitative estimate of drug-likeness (QED) is 0.904. The van der Waals surface area contributed by atoms with Crippen molar-refractivity contribution in [2.24, 2.45) is 5.92 Å². The van der Waals surface area contributed by atoms with Crippen molar-refractivity contribution in [3.63, 3.8) is 0 Å². The fraction of sp³-hybridized carbons (Fsp3) is 0.800. The molecule has 2 atom stereocenters. The van der Waals surface area contributed by atoms with E-state index in [0.717, 1.165) is 51.9 Å². The van der Waals surface area contributed by atoms with Crippen LogP contribution in [0.4, 0.5) is 0 Å². The average molecular weight is 291 g/mol. The number of rotatable bonds is 3. The lowest BCUT2D eigenvalue weighted by molar-refractivity contribution is -0.140. The van der Waals surface area contributed by atoms with Gasteiger partial charge < -0.3 is 10.2 Å². The maximum atomic E-state index is 12.9. The summed E-state index contributed by atoms with van der Waals surface area (Å²) in [6.45, 7) is 5.61. The first-order valence-corrected chi connectivity index (χ1v) is 8.04. The van der Waals surface area contributed by atoms with Crippen LogP contribution >= 0.6 is 0 Å². The molecule has 2 aliphatic rings. The second-order valence-electron chi connectivity index (χ2n) is 6.59. The van der Waals surface area contributed by atoms with Gasteiger partial charge in [0.15, 0.2) is 0 Å². The minimum Gasteiger partial charge on any atom is -0.341 e. The molecule has 0 aliphatic carbocycles. The monoisotopic (exact) mass is 291 g/mol. The number of nitrogens with one attached hydrogen (secondary N) is 1. The molecule has 6 nitrogen and oxygen atoms in total. The van der Waals surface area contributed by atoms with Crippen LogP contribution in [0.1, 0.15) is 39.0 Å². The van der Waals surface area contributed by atoms with Gasteiger partial charge in [0.25, 0.3) is 0 Å². The van der Waals surface area contributed by atoms with Crippen LogP contribution in [0, 0.1) is 5.92 Å². The van der Waals surface area contributed by atoms with Gasteiger partial charge in [0, 0.05) is 19.6 Å². The Morgan fingerprint density at radius 3 is 3.05 bits per heavy atom. The van der Waals surface area contributed by atoms with E-state index in [1.165, 1.54) is 6.42 Å². The van der Waals surface area contributed by atoms with Crippen molar-refractivity contribution in [1.82, 2.24) is 25.0 Å². The smallest absolute Gasteiger partial charge is 0.242 e. The zero-order valence-electron chi connectivity index (χ0n) is 12.8. The van der Waals surface area contributed by atoms with E-state index in [-0.39, 0.29) is 11.4 Å². The lowest BCUT2D eigenvalue weighted by atomic mass is 9.88. The van der Waals surface area contributed by atoms with E-state index in [1.54, 1.807) is 12.7 Å². The molecular weight excluding hydrogens is 266 g/mol. The molecule has 0 bridgehead atoms. The van der Waals surface area contributed by atoms with Crippen molar-refractivity contribution in [3.8, 4) is 0 Å². The van der Waals surface area contributed by atoms with Crippen molar-refractivity contribution in [1.29, 1.82) is 0 Å². The molecule has 0 radical (unpaired) electrons. The van der Waals surface area contributed by atoms with Crippen LogP contribution in [-0.2, 0) is 11.3 Å². The van der Waals surface area contributed by atoms with Crippen LogP contribution < -0.4 is 5.32 Å². The Bertz CT molecular complexity index is 466. The summed E-state index contributed by atoms with van der Waals surface area (Å²) in [5.74, 6) is 0.766. The highest BCUT2D eigenvalue weighted by atomic mass is 16.2. The number of carbonyl (C=O) groups is 1. The SMILES string of the molecule is C[C@]1(C(=O)N2CCC[C@H](Cn3cncn3)C2)CCCCN1. The van der Waals surface area contributed by atoms with E-state index in [1.807, 2.05) is 4.68 Å². The molecule has 1 aromatic rings. The highest BCUT2D eigenvalue weighted by Gasteiger charge is 2.38. The van der Waals surface area contributed by atoms with Crippen LogP contribution in [0.25, 0.3) is 0 Å². The van der Waals surface area contributed by atoms with Gasteiger partial charge in [-0.2, -0.15) is 5.10 Å². The molecular formula is C15H25N5O. The van der Waals surface area contributed by atoms with E-state index >= 15 is 0 Å². The molecule has 2 fully saturated rings. The predicted molar refractivity (Wildman–Crippen MR) is 79.6 cm³/mol. The normalized spacial score (nSPS) is 30.3. The first-order valence-electron chi connectivity index (χ1n) is 8.04. The molecule has 0 spiro atoms. The van der Waals surface area contributed by atoms with Gasteiger partial charge in [0.1, 0.15) is 12.7 Å². The predicted octanol–water partition coefficient (Wildman–Crippen LogP) is 1.05. The molecule has 1 amide bonds. The lowest BCUT2D eigenvalue weighted by Crippen LogP contribution is -2.59. The number of amides is 1. The largest absolute Gasteiger partial charge is 0.341 e. The number of hydrogen-bond acceptors (Lipinski definition) is 4. The van der Waals surface area contributed by atoms with Crippen molar-refractivity contribution >= 4 is 5.91 Å². The summed E-state index contributed by atoms with van der Waals surface area (Å²) >= 11 is 0. The summed E-state index contributed by atoms with van der Waals surface area (Å²) in [5.41, 5.74) is -0.354. The maximum absolute atomic E-state index is 12.9. The third-order valence-electron chi connectivity index (χ3n) is 4.81. The average Bonchev–Trinajstić information content (AvgIpc) is 3.00. The Balaban J connectivity index is 1.61. The molecule has 2 aliphatic heterocycles. The van der Waals surface area contributed by atoms with Crippen LogP contribution in [0.3, 0.4) is 0 Å². The standard InChI is InChI=1S/C15H25N5O/c1-15(6-2-3-7-17-15)14(21)19-8-4-5-13(9-19)10-20-12-16-11-18-20/h11-13,17H,2-10H2,1H3/t13-,15+/m0/s1. The van der Waals surface area contributed by atoms with Gasteiger partial charge in [-0.1, -0.05) is 0 Å². The number of hydrogen-bond donors (Lipinski definition) is 1. The minimum absolute atomic E-state index is 0.283. The highest BCUT2D eigenvalue weighted by molar-refractivity contribution is 5.86. The van der Waals surface area contributed by atoms with Crippen LogP contribution in [0.2, 0.25) is 0 Å². The second-order valence-corrected chi connectivity index (χ2v) is 6.59. The Morgan fingerprint density at radius 2 is 2.33 bits per heavy atom. The molecule has 0 unspecified atom stereocenters. The maximum Gasteiger partial charge on any atom is 0.242 e. The number of likely N-dealkylation sites (tertiary alicyclic amines) is 1. The number of carbonyl (C=O) groups excluding carboxylic acids is 1. The molecule has 1 N–H and O–H groups in total. The Labute approximate surface area is 125 Å². The van der Waals surface area contributed by atoms with Gasteiger partial charge in [-0.3, -0.25) is 9.48 Å². The Kier molecular flexibility index (Phi) is 4.24. The highest BCUT2D eigenvalue weighted by Crippen LogP contribution is 2.25. The number of nitrogens with zero attached hydrogens (tertiary/aromatic N) is 4. The summed E-state index contributed by atoms with van der Waals surface area (Å²) in [6, 6.07) is 0. The van der Waals surface area contributed by atoms with Crippen molar-refractivity contribution in [2.45, 2.75) is 51.1 Å². The topological polar surface area (TPSA) is 63.1 Å². The van der Waals surface area contributed by atoms with Gasteiger partial charge in [-0.15, -0.1) is 0 Å². The van der Waals surface area contributed by atoms with Crippen molar-refractivity contribution in [2.75, 3.05) is 19.6 Å². The zero-order chi connectivity index (χ0) is 14.7. The lowest BCUT2D eigenvalue weighted by Gasteiger charge is -2.41.